The molecule has 0 amide bonds. The first kappa shape index (κ1) is 13.5. The molecule has 0 aliphatic carbocycles. The largest absolute Gasteiger partial charge is 0.384 e. The van der Waals surface area contributed by atoms with E-state index in [0.29, 0.717) is 19.8 Å². The fourth-order valence-corrected chi connectivity index (χ4v) is 1.95. The first-order valence-corrected chi connectivity index (χ1v) is 5.84. The average molecular weight is 268 g/mol. The third-order valence-corrected chi connectivity index (χ3v) is 3.17. The number of nitrogens with two attached hydrogens (primary N) is 1. The molecule has 19 heavy (non-hydrogen) atoms. The summed E-state index contributed by atoms with van der Waals surface area (Å²) in [5, 5.41) is 13.8. The molecule has 2 rings (SSSR count). The van der Waals surface area contributed by atoms with E-state index in [0.717, 1.165) is 6.42 Å². The van der Waals surface area contributed by atoms with Gasteiger partial charge in [-0.25, -0.2) is 4.98 Å². The lowest BCUT2D eigenvalue weighted by atomic mass is 10.0. The Hall–Kier alpha value is -1.93. The van der Waals surface area contributed by atoms with E-state index in [1.54, 1.807) is 7.11 Å². The Bertz CT molecular complexity index is 474. The van der Waals surface area contributed by atoms with Crippen LogP contribution in [0, 0.1) is 10.1 Å². The third-order valence-electron chi connectivity index (χ3n) is 3.17. The van der Waals surface area contributed by atoms with Gasteiger partial charge in [0.2, 0.25) is 5.82 Å². The van der Waals surface area contributed by atoms with Gasteiger partial charge in [-0.1, -0.05) is 0 Å². The second-order valence-electron chi connectivity index (χ2n) is 4.40. The average Bonchev–Trinajstić information content (AvgIpc) is 2.85. The minimum Gasteiger partial charge on any atom is -0.384 e. The van der Waals surface area contributed by atoms with Gasteiger partial charge in [0.15, 0.2) is 0 Å². The van der Waals surface area contributed by atoms with Crippen LogP contribution in [0.4, 0.5) is 17.3 Å². The number of pyridine rings is 1. The van der Waals surface area contributed by atoms with Gasteiger partial charge in [-0.05, 0) is 6.07 Å². The number of methoxy groups -OCH3 is 1. The molecule has 0 radical (unpaired) electrons. The Morgan fingerprint density at radius 1 is 1.68 bits per heavy atom. The molecule has 1 aromatic rings. The van der Waals surface area contributed by atoms with Crippen LogP contribution in [0.2, 0.25) is 0 Å². The molecule has 8 nitrogen and oxygen atoms in total. The van der Waals surface area contributed by atoms with Crippen molar-refractivity contribution >= 4 is 17.3 Å². The van der Waals surface area contributed by atoms with Crippen LogP contribution in [0.1, 0.15) is 6.42 Å². The van der Waals surface area contributed by atoms with Crippen molar-refractivity contribution in [1.82, 2.24) is 4.98 Å². The fraction of sp³-hybridized carbons (Fsp3) is 0.545. The Labute approximate surface area is 110 Å². The van der Waals surface area contributed by atoms with E-state index in [1.807, 2.05) is 0 Å². The van der Waals surface area contributed by atoms with E-state index >= 15 is 0 Å². The zero-order valence-corrected chi connectivity index (χ0v) is 10.6. The molecule has 0 bridgehead atoms. The highest BCUT2D eigenvalue weighted by atomic mass is 16.6. The molecule has 1 fully saturated rings. The van der Waals surface area contributed by atoms with Gasteiger partial charge in [0.05, 0.1) is 11.5 Å². The SMILES string of the molecule is COC1(CNc2nc(N)ccc2[N+](=O)[O-])CCOC1. The standard InChI is InChI=1S/C11H16N4O4/c1-18-11(4-5-19-7-11)6-13-10-8(15(16)17)2-3-9(12)14-10/h2-3H,4-7H2,1H3,(H3,12,13,14). The summed E-state index contributed by atoms with van der Waals surface area (Å²) in [6, 6.07) is 2.73. The number of hydrogen-bond acceptors (Lipinski definition) is 7. The summed E-state index contributed by atoms with van der Waals surface area (Å²) in [4.78, 5) is 14.4. The fourth-order valence-electron chi connectivity index (χ4n) is 1.95. The number of nitro groups is 1. The van der Waals surface area contributed by atoms with Crippen LogP contribution in [0.5, 0.6) is 0 Å². The molecule has 1 saturated heterocycles. The molecule has 0 aromatic carbocycles. The van der Waals surface area contributed by atoms with Crippen LogP contribution in [0.25, 0.3) is 0 Å². The Kier molecular flexibility index (Phi) is 3.82. The lowest BCUT2D eigenvalue weighted by molar-refractivity contribution is -0.384. The molecule has 1 aliphatic rings. The normalized spacial score (nSPS) is 22.4. The summed E-state index contributed by atoms with van der Waals surface area (Å²) < 4.78 is 10.7. The summed E-state index contributed by atoms with van der Waals surface area (Å²) in [6.45, 7) is 1.44. The molecule has 0 spiro atoms. The van der Waals surface area contributed by atoms with E-state index in [4.69, 9.17) is 15.2 Å². The maximum Gasteiger partial charge on any atom is 0.311 e. The lowest BCUT2D eigenvalue weighted by Gasteiger charge is -2.26. The predicted molar refractivity (Wildman–Crippen MR) is 69.0 cm³/mol. The molecule has 3 N–H and O–H groups in total. The molecule has 104 valence electrons. The zero-order valence-electron chi connectivity index (χ0n) is 10.6. The zero-order chi connectivity index (χ0) is 13.9. The summed E-state index contributed by atoms with van der Waals surface area (Å²) in [6.07, 6.45) is 0.729. The Morgan fingerprint density at radius 2 is 2.47 bits per heavy atom. The number of hydrogen-bond donors (Lipinski definition) is 2. The van der Waals surface area contributed by atoms with Crippen molar-refractivity contribution in [2.75, 3.05) is 37.9 Å². The van der Waals surface area contributed by atoms with Crippen molar-refractivity contribution in [1.29, 1.82) is 0 Å². The molecule has 1 aliphatic heterocycles. The quantitative estimate of drug-likeness (QED) is 0.599. The first-order chi connectivity index (χ1) is 9.06. The molecule has 8 heteroatoms. The number of nitrogens with one attached hydrogen (secondary N) is 1. The number of rotatable bonds is 5. The summed E-state index contributed by atoms with van der Waals surface area (Å²) in [7, 11) is 1.59. The third kappa shape index (κ3) is 2.91. The second-order valence-corrected chi connectivity index (χ2v) is 4.40. The van der Waals surface area contributed by atoms with E-state index in [-0.39, 0.29) is 17.3 Å². The summed E-state index contributed by atoms with van der Waals surface area (Å²) >= 11 is 0. The highest BCUT2D eigenvalue weighted by Crippen LogP contribution is 2.26. The number of nitrogens with zero attached hydrogens (tertiary/aromatic N) is 2. The van der Waals surface area contributed by atoms with Gasteiger partial charge in [0.1, 0.15) is 11.4 Å². The summed E-state index contributed by atoms with van der Waals surface area (Å²) in [5.41, 5.74) is 4.96. The van der Waals surface area contributed by atoms with Crippen LogP contribution in [0.3, 0.4) is 0 Å². The Balaban J connectivity index is 2.14. The van der Waals surface area contributed by atoms with Gasteiger partial charge in [-0.15, -0.1) is 0 Å². The number of anilines is 2. The van der Waals surface area contributed by atoms with Gasteiger partial charge in [0, 0.05) is 32.7 Å². The van der Waals surface area contributed by atoms with Gasteiger partial charge in [-0.3, -0.25) is 10.1 Å². The van der Waals surface area contributed by atoms with Gasteiger partial charge in [-0.2, -0.15) is 0 Å². The van der Waals surface area contributed by atoms with Gasteiger partial charge >= 0.3 is 5.69 Å². The topological polar surface area (TPSA) is 113 Å². The second kappa shape index (κ2) is 5.37. The van der Waals surface area contributed by atoms with E-state index in [2.05, 4.69) is 10.3 Å². The van der Waals surface area contributed by atoms with Gasteiger partial charge in [0.25, 0.3) is 0 Å². The molecular formula is C11H16N4O4. The Morgan fingerprint density at radius 3 is 3.05 bits per heavy atom. The van der Waals surface area contributed by atoms with Crippen LogP contribution in [-0.4, -0.2) is 42.4 Å². The minimum atomic E-state index is -0.501. The minimum absolute atomic E-state index is 0.112. The van der Waals surface area contributed by atoms with E-state index in [9.17, 15) is 10.1 Å². The predicted octanol–water partition coefficient (Wildman–Crippen LogP) is 0.789. The van der Waals surface area contributed by atoms with Crippen LogP contribution >= 0.6 is 0 Å². The molecule has 2 heterocycles. The molecule has 1 aromatic heterocycles. The maximum absolute atomic E-state index is 10.9. The van der Waals surface area contributed by atoms with Crippen molar-refractivity contribution in [2.24, 2.45) is 0 Å². The van der Waals surface area contributed by atoms with Crippen molar-refractivity contribution in [3.8, 4) is 0 Å². The monoisotopic (exact) mass is 268 g/mol. The molecule has 1 unspecified atom stereocenters. The first-order valence-electron chi connectivity index (χ1n) is 5.84. The molecule has 1 atom stereocenters. The van der Waals surface area contributed by atoms with E-state index < -0.39 is 10.5 Å². The smallest absolute Gasteiger partial charge is 0.311 e. The molecule has 0 saturated carbocycles. The maximum atomic E-state index is 10.9. The van der Waals surface area contributed by atoms with Crippen LogP contribution in [0.15, 0.2) is 12.1 Å². The van der Waals surface area contributed by atoms with Gasteiger partial charge < -0.3 is 20.5 Å². The number of ether oxygens (including phenoxy) is 2. The van der Waals surface area contributed by atoms with Crippen molar-refractivity contribution in [2.45, 2.75) is 12.0 Å². The summed E-state index contributed by atoms with van der Waals surface area (Å²) in [5.74, 6) is 0.371. The van der Waals surface area contributed by atoms with Crippen LogP contribution < -0.4 is 11.1 Å². The lowest BCUT2D eigenvalue weighted by Crippen LogP contribution is -2.39. The van der Waals surface area contributed by atoms with Crippen molar-refractivity contribution in [3.05, 3.63) is 22.2 Å². The number of nitrogen functional groups attached to an aromatic ring is 1. The number of aromatic nitrogens is 1. The van der Waals surface area contributed by atoms with Crippen molar-refractivity contribution in [3.63, 3.8) is 0 Å². The highest BCUT2D eigenvalue weighted by molar-refractivity contribution is 5.59. The highest BCUT2D eigenvalue weighted by Gasteiger charge is 2.35. The van der Waals surface area contributed by atoms with Crippen molar-refractivity contribution < 1.29 is 14.4 Å². The van der Waals surface area contributed by atoms with E-state index in [1.165, 1.54) is 12.1 Å². The van der Waals surface area contributed by atoms with Crippen LogP contribution in [-0.2, 0) is 9.47 Å². The molecular weight excluding hydrogens is 252 g/mol.